The quantitative estimate of drug-likeness (QED) is 0.390. The first-order valence-corrected chi connectivity index (χ1v) is 8.69. The molecular weight excluding hydrogens is 314 g/mol. The zero-order chi connectivity index (χ0) is 16.2. The minimum Gasteiger partial charge on any atom is -0.493 e. The Balaban J connectivity index is 1.94. The van der Waals surface area contributed by atoms with Gasteiger partial charge in [-0.05, 0) is 12.1 Å². The van der Waals surface area contributed by atoms with Gasteiger partial charge < -0.3 is 19.1 Å². The zero-order valence-electron chi connectivity index (χ0n) is 13.6. The van der Waals surface area contributed by atoms with Crippen molar-refractivity contribution in [3.05, 3.63) is 35.4 Å². The molecule has 124 valence electrons. The number of aliphatic hydroxyl groups excluding tert-OH is 1. The Labute approximate surface area is 141 Å². The van der Waals surface area contributed by atoms with Gasteiger partial charge in [0.25, 0.3) is 0 Å². The fourth-order valence-corrected chi connectivity index (χ4v) is 4.58. The monoisotopic (exact) mass is 336 g/mol. The highest BCUT2D eigenvalue weighted by Gasteiger charge is 2.54. The van der Waals surface area contributed by atoms with E-state index in [1.54, 1.807) is 7.11 Å². The Kier molecular flexibility index (Phi) is 3.42. The lowest BCUT2D eigenvalue weighted by Crippen LogP contribution is -2.46. The van der Waals surface area contributed by atoms with Crippen molar-refractivity contribution in [1.29, 1.82) is 0 Å². The molecule has 0 radical (unpaired) electrons. The van der Waals surface area contributed by atoms with Crippen LogP contribution in [0, 0.1) is 0 Å². The fraction of sp³-hybridized carbons (Fsp3) is 0.556. The van der Waals surface area contributed by atoms with Gasteiger partial charge in [0.15, 0.2) is 17.5 Å². The molecule has 1 aliphatic carbocycles. The summed E-state index contributed by atoms with van der Waals surface area (Å²) in [6.07, 6.45) is 5.22. The molecule has 4 nitrogen and oxygen atoms in total. The summed E-state index contributed by atoms with van der Waals surface area (Å²) >= 11 is 6.28. The first-order chi connectivity index (χ1) is 11.0. The van der Waals surface area contributed by atoms with Crippen LogP contribution in [0.2, 0.25) is 0 Å². The van der Waals surface area contributed by atoms with E-state index in [1.165, 1.54) is 11.1 Å². The number of quaternary nitrogens is 1. The molecule has 1 N–H and O–H groups in total. The second-order valence-electron chi connectivity index (χ2n) is 7.31. The van der Waals surface area contributed by atoms with Crippen LogP contribution in [0.15, 0.2) is 24.3 Å². The Hall–Kier alpha value is -1.23. The number of rotatable bonds is 2. The van der Waals surface area contributed by atoms with Crippen LogP contribution in [0.5, 0.6) is 11.5 Å². The molecule has 1 aromatic rings. The van der Waals surface area contributed by atoms with E-state index >= 15 is 0 Å². The summed E-state index contributed by atoms with van der Waals surface area (Å²) in [7, 11) is 3.88. The summed E-state index contributed by atoms with van der Waals surface area (Å²) in [5.74, 6) is 1.64. The Bertz CT molecular complexity index is 676. The molecule has 0 aromatic heterocycles. The van der Waals surface area contributed by atoms with Crippen molar-refractivity contribution >= 4 is 11.6 Å². The molecule has 0 fully saturated rings. The molecular formula is C18H23ClNO3+. The molecule has 23 heavy (non-hydrogen) atoms. The summed E-state index contributed by atoms with van der Waals surface area (Å²) < 4.78 is 12.6. The maximum atomic E-state index is 10.1. The smallest absolute Gasteiger partial charge is 0.166 e. The average molecular weight is 337 g/mol. The van der Waals surface area contributed by atoms with Crippen LogP contribution in [-0.4, -0.2) is 48.5 Å². The summed E-state index contributed by atoms with van der Waals surface area (Å²) in [6.45, 7) is 1.88. The topological polar surface area (TPSA) is 38.7 Å². The minimum absolute atomic E-state index is 0.0329. The average Bonchev–Trinajstić information content (AvgIpc) is 2.81. The van der Waals surface area contributed by atoms with Crippen LogP contribution in [-0.2, 0) is 12.0 Å². The van der Waals surface area contributed by atoms with E-state index < -0.39 is 6.10 Å². The van der Waals surface area contributed by atoms with Crippen molar-refractivity contribution in [2.24, 2.45) is 0 Å². The standard InChI is InChI=1S/C18H23ClNO3/c1-20(11-19)8-7-18-6-5-13(21)9-15(18)23-17-14(22-2)4-3-12(10-20)16(17)18/h3-6,13,15,21H,7-11H2,1-2H3/q+1/t13-,15-,18-,20+/m0/s1. The third kappa shape index (κ3) is 2.12. The van der Waals surface area contributed by atoms with E-state index in [2.05, 4.69) is 19.2 Å². The number of hydrogen-bond acceptors (Lipinski definition) is 3. The SMILES string of the molecule is COc1ccc2c3c1O[C@H]1C[C@@H](O)C=C[C@@]31CC[N@@+](C)(CCl)C2. The lowest BCUT2D eigenvalue weighted by molar-refractivity contribution is -0.911. The molecule has 4 rings (SSSR count). The van der Waals surface area contributed by atoms with Gasteiger partial charge in [0.05, 0.1) is 32.2 Å². The van der Waals surface area contributed by atoms with Gasteiger partial charge in [0.2, 0.25) is 0 Å². The van der Waals surface area contributed by atoms with Crippen LogP contribution in [0.4, 0.5) is 0 Å². The van der Waals surface area contributed by atoms with Crippen molar-refractivity contribution in [3.8, 4) is 11.5 Å². The van der Waals surface area contributed by atoms with Gasteiger partial charge in [-0.25, -0.2) is 0 Å². The number of ether oxygens (including phenoxy) is 2. The number of benzene rings is 1. The van der Waals surface area contributed by atoms with Gasteiger partial charge in [0.1, 0.15) is 12.6 Å². The first-order valence-electron chi connectivity index (χ1n) is 8.15. The van der Waals surface area contributed by atoms with Gasteiger partial charge in [-0.15, -0.1) is 0 Å². The lowest BCUT2D eigenvalue weighted by atomic mass is 9.69. The molecule has 2 heterocycles. The third-order valence-electron chi connectivity index (χ3n) is 5.71. The molecule has 0 amide bonds. The molecule has 3 aliphatic rings. The van der Waals surface area contributed by atoms with Gasteiger partial charge >= 0.3 is 0 Å². The van der Waals surface area contributed by atoms with Crippen molar-refractivity contribution in [2.45, 2.75) is 37.0 Å². The number of halogens is 1. The van der Waals surface area contributed by atoms with Gasteiger partial charge in [-0.3, -0.25) is 0 Å². The van der Waals surface area contributed by atoms with E-state index in [-0.39, 0.29) is 11.5 Å². The molecule has 5 heteroatoms. The Morgan fingerprint density at radius 2 is 2.30 bits per heavy atom. The van der Waals surface area contributed by atoms with E-state index in [9.17, 15) is 5.11 Å². The van der Waals surface area contributed by atoms with E-state index in [4.69, 9.17) is 21.1 Å². The normalized spacial score (nSPS) is 37.6. The predicted molar refractivity (Wildman–Crippen MR) is 88.9 cm³/mol. The highest BCUT2D eigenvalue weighted by atomic mass is 35.5. The number of aliphatic hydroxyl groups is 1. The summed E-state index contributed by atoms with van der Waals surface area (Å²) in [5.41, 5.74) is 2.36. The summed E-state index contributed by atoms with van der Waals surface area (Å²) in [6, 6.07) is 4.73. The van der Waals surface area contributed by atoms with Gasteiger partial charge in [0, 0.05) is 24.0 Å². The van der Waals surface area contributed by atoms with E-state index in [0.29, 0.717) is 12.4 Å². The molecule has 4 atom stereocenters. The van der Waals surface area contributed by atoms with Crippen LogP contribution in [0.1, 0.15) is 24.0 Å². The van der Waals surface area contributed by atoms with Crippen molar-refractivity contribution < 1.29 is 19.1 Å². The molecule has 0 unspecified atom stereocenters. The van der Waals surface area contributed by atoms with Crippen LogP contribution < -0.4 is 9.47 Å². The van der Waals surface area contributed by atoms with Gasteiger partial charge in [-0.1, -0.05) is 23.8 Å². The van der Waals surface area contributed by atoms with Crippen molar-refractivity contribution in [2.75, 3.05) is 26.7 Å². The van der Waals surface area contributed by atoms with Crippen LogP contribution >= 0.6 is 11.6 Å². The lowest BCUT2D eigenvalue weighted by Gasteiger charge is -2.36. The highest BCUT2D eigenvalue weighted by molar-refractivity contribution is 6.16. The van der Waals surface area contributed by atoms with Crippen molar-refractivity contribution in [3.63, 3.8) is 0 Å². The van der Waals surface area contributed by atoms with E-state index in [1.807, 2.05) is 12.1 Å². The molecule has 0 saturated heterocycles. The Morgan fingerprint density at radius 1 is 1.48 bits per heavy atom. The predicted octanol–water partition coefficient (Wildman–Crippen LogP) is 2.56. The number of nitrogens with zero attached hydrogens (tertiary/aromatic N) is 1. The maximum Gasteiger partial charge on any atom is 0.166 e. The first kappa shape index (κ1) is 15.3. The molecule has 1 aromatic carbocycles. The van der Waals surface area contributed by atoms with Gasteiger partial charge in [-0.2, -0.15) is 0 Å². The largest absolute Gasteiger partial charge is 0.493 e. The molecule has 0 saturated carbocycles. The second kappa shape index (κ2) is 5.13. The Morgan fingerprint density at radius 3 is 3.04 bits per heavy atom. The number of alkyl halides is 1. The van der Waals surface area contributed by atoms with Crippen LogP contribution in [0.3, 0.4) is 0 Å². The summed E-state index contributed by atoms with van der Waals surface area (Å²) in [5, 5.41) is 10.1. The molecule has 0 bridgehead atoms. The zero-order valence-corrected chi connectivity index (χ0v) is 14.3. The number of hydrogen-bond donors (Lipinski definition) is 1. The third-order valence-corrected chi connectivity index (χ3v) is 6.28. The van der Waals surface area contributed by atoms with E-state index in [0.717, 1.165) is 35.5 Å². The van der Waals surface area contributed by atoms with Crippen LogP contribution in [0.25, 0.3) is 0 Å². The highest BCUT2D eigenvalue weighted by Crippen LogP contribution is 2.56. The van der Waals surface area contributed by atoms with Crippen molar-refractivity contribution in [1.82, 2.24) is 0 Å². The minimum atomic E-state index is -0.438. The maximum absolute atomic E-state index is 10.1. The molecule has 1 spiro atoms. The second-order valence-corrected chi connectivity index (χ2v) is 7.55. The summed E-state index contributed by atoms with van der Waals surface area (Å²) in [4.78, 5) is 0. The molecule has 2 aliphatic heterocycles. The fourth-order valence-electron chi connectivity index (χ4n) is 4.38. The number of methoxy groups -OCH3 is 1.